The lowest BCUT2D eigenvalue weighted by molar-refractivity contribution is 0.102. The summed E-state index contributed by atoms with van der Waals surface area (Å²) >= 11 is 4.68. The Labute approximate surface area is 123 Å². The minimum absolute atomic E-state index is 0.0285. The van der Waals surface area contributed by atoms with Gasteiger partial charge in [-0.05, 0) is 40.2 Å². The van der Waals surface area contributed by atoms with Crippen molar-refractivity contribution in [3.8, 4) is 5.75 Å². The Bertz CT molecular complexity index is 578. The lowest BCUT2D eigenvalue weighted by Crippen LogP contribution is -2.03. The molecule has 0 unspecified atom stereocenters. The van der Waals surface area contributed by atoms with Crippen LogP contribution in [0.15, 0.2) is 46.3 Å². The summed E-state index contributed by atoms with van der Waals surface area (Å²) in [6.07, 6.45) is 3.31. The molecular formula is C13H11BrN2O2S. The molecule has 0 N–H and O–H groups in total. The first-order valence-corrected chi connectivity index (χ1v) is 7.25. The summed E-state index contributed by atoms with van der Waals surface area (Å²) in [5.41, 5.74) is 0.635. The van der Waals surface area contributed by atoms with Gasteiger partial charge in [-0.25, -0.2) is 9.97 Å². The van der Waals surface area contributed by atoms with Crippen molar-refractivity contribution in [2.24, 2.45) is 0 Å². The van der Waals surface area contributed by atoms with Gasteiger partial charge in [-0.3, -0.25) is 4.79 Å². The van der Waals surface area contributed by atoms with Crippen LogP contribution >= 0.6 is 27.7 Å². The zero-order valence-electron chi connectivity index (χ0n) is 10.2. The van der Waals surface area contributed by atoms with Crippen LogP contribution < -0.4 is 4.74 Å². The van der Waals surface area contributed by atoms with Crippen LogP contribution in [-0.2, 0) is 0 Å². The topological polar surface area (TPSA) is 52.1 Å². The fourth-order valence-corrected chi connectivity index (χ4v) is 2.65. The monoisotopic (exact) mass is 338 g/mol. The average molecular weight is 339 g/mol. The van der Waals surface area contributed by atoms with E-state index in [4.69, 9.17) is 4.74 Å². The number of aromatic nitrogens is 2. The number of halogens is 1. The molecule has 0 amide bonds. The first-order valence-electron chi connectivity index (χ1n) is 5.47. The first kappa shape index (κ1) is 14.0. The smallest absolute Gasteiger partial charge is 0.187 e. The van der Waals surface area contributed by atoms with Gasteiger partial charge in [-0.2, -0.15) is 0 Å². The number of carbonyl (C=O) groups excluding carboxylic acids is 1. The third-order valence-electron chi connectivity index (χ3n) is 2.35. The molecule has 0 atom stereocenters. The van der Waals surface area contributed by atoms with Gasteiger partial charge in [-0.15, -0.1) is 0 Å². The van der Waals surface area contributed by atoms with E-state index in [2.05, 4.69) is 25.9 Å². The van der Waals surface area contributed by atoms with Crippen LogP contribution in [0.4, 0.5) is 0 Å². The molecule has 1 aromatic heterocycles. The van der Waals surface area contributed by atoms with E-state index in [1.807, 2.05) is 0 Å². The lowest BCUT2D eigenvalue weighted by Gasteiger charge is -2.05. The molecule has 0 aliphatic carbocycles. The van der Waals surface area contributed by atoms with E-state index < -0.39 is 0 Å². The molecule has 2 rings (SSSR count). The summed E-state index contributed by atoms with van der Waals surface area (Å²) in [7, 11) is 1.59. The van der Waals surface area contributed by atoms with Crippen LogP contribution in [0.1, 0.15) is 10.4 Å². The van der Waals surface area contributed by atoms with Gasteiger partial charge in [0.25, 0.3) is 0 Å². The zero-order chi connectivity index (χ0) is 13.7. The second kappa shape index (κ2) is 6.68. The largest absolute Gasteiger partial charge is 0.496 e. The number of methoxy groups -OCH3 is 1. The second-order valence-corrected chi connectivity index (χ2v) is 5.39. The first-order chi connectivity index (χ1) is 9.20. The zero-order valence-corrected chi connectivity index (χ0v) is 12.6. The second-order valence-electron chi connectivity index (χ2n) is 3.59. The number of nitrogens with zero attached hydrogens (tertiary/aromatic N) is 2. The van der Waals surface area contributed by atoms with E-state index in [9.17, 15) is 4.79 Å². The van der Waals surface area contributed by atoms with Crippen LogP contribution in [-0.4, -0.2) is 28.6 Å². The molecular weight excluding hydrogens is 328 g/mol. The fraction of sp³-hybridized carbons (Fsp3) is 0.154. The number of rotatable bonds is 5. The molecule has 98 valence electrons. The Hall–Kier alpha value is -1.40. The molecule has 0 aliphatic rings. The maximum absolute atomic E-state index is 12.0. The highest BCUT2D eigenvalue weighted by molar-refractivity contribution is 9.10. The summed E-state index contributed by atoms with van der Waals surface area (Å²) in [4.78, 5) is 20.2. The summed E-state index contributed by atoms with van der Waals surface area (Å²) < 4.78 is 5.89. The lowest BCUT2D eigenvalue weighted by atomic mass is 10.1. The van der Waals surface area contributed by atoms with Crippen LogP contribution in [0.2, 0.25) is 0 Å². The van der Waals surface area contributed by atoms with E-state index in [1.165, 1.54) is 11.8 Å². The van der Waals surface area contributed by atoms with E-state index in [0.29, 0.717) is 22.2 Å². The van der Waals surface area contributed by atoms with Crippen molar-refractivity contribution >= 4 is 33.5 Å². The van der Waals surface area contributed by atoms with Crippen molar-refractivity contribution < 1.29 is 9.53 Å². The van der Waals surface area contributed by atoms with Crippen molar-refractivity contribution in [2.75, 3.05) is 12.9 Å². The summed E-state index contributed by atoms with van der Waals surface area (Å²) in [6.45, 7) is 0. The van der Waals surface area contributed by atoms with Crippen LogP contribution in [0.5, 0.6) is 5.75 Å². The molecule has 0 saturated carbocycles. The van der Waals surface area contributed by atoms with Crippen molar-refractivity contribution in [1.29, 1.82) is 0 Å². The quantitative estimate of drug-likeness (QED) is 0.476. The molecule has 0 aliphatic heterocycles. The highest BCUT2D eigenvalue weighted by Gasteiger charge is 2.10. The van der Waals surface area contributed by atoms with Gasteiger partial charge in [-0.1, -0.05) is 11.8 Å². The average Bonchev–Trinajstić information content (AvgIpc) is 2.45. The van der Waals surface area contributed by atoms with Gasteiger partial charge in [0, 0.05) is 18.0 Å². The van der Waals surface area contributed by atoms with Crippen molar-refractivity contribution in [3.05, 3.63) is 46.7 Å². The molecule has 6 heteroatoms. The molecule has 0 radical (unpaired) electrons. The van der Waals surface area contributed by atoms with Crippen molar-refractivity contribution in [1.82, 2.24) is 9.97 Å². The number of thioether (sulfide) groups is 1. The van der Waals surface area contributed by atoms with Gasteiger partial charge in [0.2, 0.25) is 0 Å². The molecule has 0 fully saturated rings. The third-order valence-corrected chi connectivity index (χ3v) is 3.84. The molecule has 4 nitrogen and oxygen atoms in total. The Balaban J connectivity index is 2.02. The van der Waals surface area contributed by atoms with Crippen LogP contribution in [0, 0.1) is 0 Å². The van der Waals surface area contributed by atoms with Gasteiger partial charge in [0.1, 0.15) is 5.75 Å². The maximum Gasteiger partial charge on any atom is 0.187 e. The van der Waals surface area contributed by atoms with Gasteiger partial charge < -0.3 is 4.74 Å². The van der Waals surface area contributed by atoms with Crippen LogP contribution in [0.25, 0.3) is 0 Å². The molecule has 0 saturated heterocycles. The minimum Gasteiger partial charge on any atom is -0.496 e. The van der Waals surface area contributed by atoms with Crippen LogP contribution in [0.3, 0.4) is 0 Å². The Morgan fingerprint density at radius 1 is 1.37 bits per heavy atom. The van der Waals surface area contributed by atoms with Crippen molar-refractivity contribution in [3.63, 3.8) is 0 Å². The normalized spacial score (nSPS) is 10.2. The predicted octanol–water partition coefficient (Wildman–Crippen LogP) is 3.22. The molecule has 19 heavy (non-hydrogen) atoms. The maximum atomic E-state index is 12.0. The fourth-order valence-electron chi connectivity index (χ4n) is 1.41. The summed E-state index contributed by atoms with van der Waals surface area (Å²) in [5.74, 6) is 1.04. The van der Waals surface area contributed by atoms with E-state index in [-0.39, 0.29) is 5.78 Å². The number of ketones is 1. The molecule has 1 heterocycles. The number of Topliss-reactive ketones (excluding diaryl/α,β-unsaturated/α-hetero) is 1. The van der Waals surface area contributed by atoms with E-state index in [0.717, 1.165) is 4.47 Å². The Kier molecular flexibility index (Phi) is 4.93. The van der Waals surface area contributed by atoms with Gasteiger partial charge in [0.15, 0.2) is 10.9 Å². The summed E-state index contributed by atoms with van der Waals surface area (Å²) in [6, 6.07) is 7.01. The molecule has 1 aromatic carbocycles. The Morgan fingerprint density at radius 3 is 2.74 bits per heavy atom. The Morgan fingerprint density at radius 2 is 2.11 bits per heavy atom. The van der Waals surface area contributed by atoms with E-state index in [1.54, 1.807) is 43.8 Å². The molecule has 0 bridgehead atoms. The number of ether oxygens (including phenoxy) is 1. The van der Waals surface area contributed by atoms with Gasteiger partial charge in [0.05, 0.1) is 17.3 Å². The highest BCUT2D eigenvalue weighted by Crippen LogP contribution is 2.26. The number of carbonyl (C=O) groups is 1. The number of benzene rings is 1. The third kappa shape index (κ3) is 3.78. The SMILES string of the molecule is COc1ccc(C(=O)CSc2ncccn2)cc1Br. The standard InChI is InChI=1S/C13H11BrN2O2S/c1-18-12-4-3-9(7-10(12)14)11(17)8-19-13-15-5-2-6-16-13/h2-7H,8H2,1H3. The molecule has 2 aromatic rings. The van der Waals surface area contributed by atoms with E-state index >= 15 is 0 Å². The highest BCUT2D eigenvalue weighted by atomic mass is 79.9. The molecule has 0 spiro atoms. The van der Waals surface area contributed by atoms with Crippen molar-refractivity contribution in [2.45, 2.75) is 5.16 Å². The minimum atomic E-state index is 0.0285. The predicted molar refractivity (Wildman–Crippen MR) is 77.8 cm³/mol. The summed E-state index contributed by atoms with van der Waals surface area (Å²) in [5, 5.41) is 0.600. The number of hydrogen-bond donors (Lipinski definition) is 0. The van der Waals surface area contributed by atoms with Gasteiger partial charge >= 0.3 is 0 Å². The number of hydrogen-bond acceptors (Lipinski definition) is 5.